The lowest BCUT2D eigenvalue weighted by Gasteiger charge is -2.39. The third-order valence-corrected chi connectivity index (χ3v) is 4.24. The summed E-state index contributed by atoms with van der Waals surface area (Å²) in [6.07, 6.45) is -1.04. The van der Waals surface area contributed by atoms with Crippen LogP contribution in [0.15, 0.2) is 18.2 Å². The number of carbonyl (C=O) groups is 1. The van der Waals surface area contributed by atoms with Gasteiger partial charge in [0.25, 0.3) is 0 Å². The van der Waals surface area contributed by atoms with Crippen LogP contribution in [-0.4, -0.2) is 59.5 Å². The Hall–Kier alpha value is -2.55. The van der Waals surface area contributed by atoms with E-state index in [4.69, 9.17) is 14.2 Å². The van der Waals surface area contributed by atoms with Crippen molar-refractivity contribution >= 4 is 11.8 Å². The summed E-state index contributed by atoms with van der Waals surface area (Å²) in [6.45, 7) is 6.11. The lowest BCUT2D eigenvalue weighted by molar-refractivity contribution is -0.386. The zero-order chi connectivity index (χ0) is 19.5. The average Bonchev–Trinajstić information content (AvgIpc) is 2.98. The SMILES string of the molecule is COc1cccc(OC[C@@H]2COC[C@H]2N(C(=O)O)C(C)(C)C)c1[N+](=O)[O-]. The molecule has 1 aliphatic heterocycles. The number of ether oxygens (including phenoxy) is 3. The lowest BCUT2D eigenvalue weighted by atomic mass is 9.97. The maximum atomic E-state index is 11.7. The Balaban J connectivity index is 2.19. The van der Waals surface area contributed by atoms with E-state index in [-0.39, 0.29) is 36.3 Å². The van der Waals surface area contributed by atoms with Gasteiger partial charge in [0.15, 0.2) is 0 Å². The van der Waals surface area contributed by atoms with Crippen LogP contribution in [0.2, 0.25) is 0 Å². The molecule has 1 heterocycles. The molecule has 1 aromatic rings. The van der Waals surface area contributed by atoms with Gasteiger partial charge < -0.3 is 19.3 Å². The number of nitro groups is 1. The number of para-hydroxylation sites is 1. The Morgan fingerprint density at radius 1 is 1.38 bits per heavy atom. The highest BCUT2D eigenvalue weighted by Crippen LogP contribution is 2.37. The number of hydrogen-bond acceptors (Lipinski definition) is 6. The van der Waals surface area contributed by atoms with E-state index in [0.29, 0.717) is 6.61 Å². The van der Waals surface area contributed by atoms with Gasteiger partial charge in [0.2, 0.25) is 11.5 Å². The molecule has 9 heteroatoms. The topological polar surface area (TPSA) is 111 Å². The summed E-state index contributed by atoms with van der Waals surface area (Å²) in [5.74, 6) is -0.0534. The second kappa shape index (κ2) is 7.77. The molecule has 0 saturated carbocycles. The first-order valence-electron chi connectivity index (χ1n) is 8.21. The summed E-state index contributed by atoms with van der Waals surface area (Å²) >= 11 is 0. The van der Waals surface area contributed by atoms with E-state index in [0.717, 1.165) is 0 Å². The molecule has 2 rings (SSSR count). The summed E-state index contributed by atoms with van der Waals surface area (Å²) in [5.41, 5.74) is -0.860. The van der Waals surface area contributed by atoms with E-state index < -0.39 is 22.6 Å². The van der Waals surface area contributed by atoms with Gasteiger partial charge in [-0.2, -0.15) is 0 Å². The zero-order valence-corrected chi connectivity index (χ0v) is 15.3. The highest BCUT2D eigenvalue weighted by molar-refractivity contribution is 5.66. The number of nitro benzene ring substituents is 1. The number of hydrogen-bond donors (Lipinski definition) is 1. The molecular weight excluding hydrogens is 344 g/mol. The van der Waals surface area contributed by atoms with Gasteiger partial charge in [0.05, 0.1) is 37.9 Å². The lowest BCUT2D eigenvalue weighted by Crippen LogP contribution is -2.54. The molecule has 1 aliphatic rings. The fourth-order valence-electron chi connectivity index (χ4n) is 3.12. The van der Waals surface area contributed by atoms with Gasteiger partial charge in [-0.15, -0.1) is 0 Å². The number of rotatable bonds is 6. The van der Waals surface area contributed by atoms with E-state index in [1.807, 2.05) is 20.8 Å². The van der Waals surface area contributed by atoms with E-state index in [2.05, 4.69) is 0 Å². The van der Waals surface area contributed by atoms with Crippen molar-refractivity contribution in [1.29, 1.82) is 0 Å². The molecule has 1 fully saturated rings. The molecule has 9 nitrogen and oxygen atoms in total. The zero-order valence-electron chi connectivity index (χ0n) is 15.3. The van der Waals surface area contributed by atoms with Gasteiger partial charge >= 0.3 is 11.8 Å². The number of methoxy groups -OCH3 is 1. The van der Waals surface area contributed by atoms with Crippen LogP contribution >= 0.6 is 0 Å². The summed E-state index contributed by atoms with van der Waals surface area (Å²) < 4.78 is 16.2. The second-order valence-corrected chi connectivity index (χ2v) is 7.06. The predicted octanol–water partition coefficient (Wildman–Crippen LogP) is 2.78. The van der Waals surface area contributed by atoms with Crippen molar-refractivity contribution in [2.24, 2.45) is 5.92 Å². The standard InChI is InChI=1S/C17H24N2O7/c1-17(2,3)18(16(20)21)12-10-25-8-11(12)9-26-14-7-5-6-13(24-4)15(14)19(22)23/h5-7,11-12H,8-10H2,1-4H3,(H,20,21)/t11-,12+/m0/s1. The highest BCUT2D eigenvalue weighted by Gasteiger charge is 2.41. The number of carboxylic acid groups (broad SMARTS) is 1. The van der Waals surface area contributed by atoms with Crippen molar-refractivity contribution in [2.45, 2.75) is 32.4 Å². The Kier molecular flexibility index (Phi) is 5.91. The molecule has 2 atom stereocenters. The quantitative estimate of drug-likeness (QED) is 0.607. The minimum Gasteiger partial charge on any atom is -0.490 e. The van der Waals surface area contributed by atoms with Crippen LogP contribution in [0.1, 0.15) is 20.8 Å². The third-order valence-electron chi connectivity index (χ3n) is 4.24. The molecule has 144 valence electrons. The van der Waals surface area contributed by atoms with E-state index in [1.54, 1.807) is 6.07 Å². The van der Waals surface area contributed by atoms with Crippen molar-refractivity contribution < 1.29 is 29.0 Å². The minimum atomic E-state index is -1.04. The number of amides is 1. The molecule has 0 radical (unpaired) electrons. The van der Waals surface area contributed by atoms with Gasteiger partial charge in [0.1, 0.15) is 0 Å². The third kappa shape index (κ3) is 4.16. The molecule has 0 bridgehead atoms. The molecule has 0 aromatic heterocycles. The largest absolute Gasteiger partial charge is 0.490 e. The fourth-order valence-corrected chi connectivity index (χ4v) is 3.12. The maximum Gasteiger partial charge on any atom is 0.408 e. The number of benzene rings is 1. The van der Waals surface area contributed by atoms with Gasteiger partial charge in [-0.3, -0.25) is 15.0 Å². The Morgan fingerprint density at radius 2 is 2.04 bits per heavy atom. The summed E-state index contributed by atoms with van der Waals surface area (Å²) in [7, 11) is 1.35. The summed E-state index contributed by atoms with van der Waals surface area (Å²) in [6, 6.07) is 4.18. The van der Waals surface area contributed by atoms with Crippen LogP contribution in [0.5, 0.6) is 11.5 Å². The van der Waals surface area contributed by atoms with Crippen LogP contribution in [0.25, 0.3) is 0 Å². The van der Waals surface area contributed by atoms with Crippen LogP contribution in [-0.2, 0) is 4.74 Å². The van der Waals surface area contributed by atoms with E-state index in [1.165, 1.54) is 24.1 Å². The average molecular weight is 368 g/mol. The molecule has 1 amide bonds. The van der Waals surface area contributed by atoms with Gasteiger partial charge in [-0.1, -0.05) is 6.07 Å². The Morgan fingerprint density at radius 3 is 2.58 bits per heavy atom. The Labute approximate surface area is 151 Å². The summed E-state index contributed by atoms with van der Waals surface area (Å²) in [4.78, 5) is 23.8. The fraction of sp³-hybridized carbons (Fsp3) is 0.588. The molecule has 1 saturated heterocycles. The van der Waals surface area contributed by atoms with Crippen molar-refractivity contribution in [3.05, 3.63) is 28.3 Å². The first kappa shape index (κ1) is 19.8. The smallest absolute Gasteiger partial charge is 0.408 e. The first-order valence-corrected chi connectivity index (χ1v) is 8.21. The first-order chi connectivity index (χ1) is 12.2. The number of nitrogens with zero attached hydrogens (tertiary/aromatic N) is 2. The van der Waals surface area contributed by atoms with Crippen LogP contribution in [0.4, 0.5) is 10.5 Å². The van der Waals surface area contributed by atoms with Crippen molar-refractivity contribution in [1.82, 2.24) is 4.90 Å². The molecule has 0 spiro atoms. The predicted molar refractivity (Wildman–Crippen MR) is 92.9 cm³/mol. The summed E-state index contributed by atoms with van der Waals surface area (Å²) in [5, 5.41) is 20.9. The molecule has 0 unspecified atom stereocenters. The normalized spacial score (nSPS) is 19.8. The Bertz CT molecular complexity index is 672. The van der Waals surface area contributed by atoms with Crippen molar-refractivity contribution in [3.8, 4) is 11.5 Å². The van der Waals surface area contributed by atoms with Crippen LogP contribution < -0.4 is 9.47 Å². The molecule has 26 heavy (non-hydrogen) atoms. The van der Waals surface area contributed by atoms with Crippen molar-refractivity contribution in [3.63, 3.8) is 0 Å². The van der Waals surface area contributed by atoms with Gasteiger partial charge in [-0.05, 0) is 32.9 Å². The van der Waals surface area contributed by atoms with Crippen LogP contribution in [0.3, 0.4) is 0 Å². The second-order valence-electron chi connectivity index (χ2n) is 7.06. The van der Waals surface area contributed by atoms with Crippen molar-refractivity contribution in [2.75, 3.05) is 26.9 Å². The molecule has 1 N–H and O–H groups in total. The monoisotopic (exact) mass is 368 g/mol. The van der Waals surface area contributed by atoms with Gasteiger partial charge in [-0.25, -0.2) is 4.79 Å². The molecular formula is C17H24N2O7. The van der Waals surface area contributed by atoms with E-state index in [9.17, 15) is 20.0 Å². The van der Waals surface area contributed by atoms with Gasteiger partial charge in [0, 0.05) is 11.5 Å². The van der Waals surface area contributed by atoms with E-state index >= 15 is 0 Å². The highest BCUT2D eigenvalue weighted by atomic mass is 16.6. The van der Waals surface area contributed by atoms with Crippen LogP contribution in [0, 0.1) is 16.0 Å². The maximum absolute atomic E-state index is 11.7. The molecule has 1 aromatic carbocycles. The minimum absolute atomic E-state index is 0.0811. The molecule has 0 aliphatic carbocycles.